The van der Waals surface area contributed by atoms with Crippen molar-refractivity contribution >= 4 is 23.4 Å². The van der Waals surface area contributed by atoms with Crippen molar-refractivity contribution in [2.45, 2.75) is 37.5 Å². The molecule has 2 aliphatic heterocycles. The van der Waals surface area contributed by atoms with Crippen molar-refractivity contribution in [2.24, 2.45) is 0 Å². The van der Waals surface area contributed by atoms with E-state index in [1.807, 2.05) is 12.1 Å². The molecular weight excluding hydrogens is 400 g/mol. The Balaban J connectivity index is 1.38. The van der Waals surface area contributed by atoms with E-state index in [0.29, 0.717) is 36.5 Å². The van der Waals surface area contributed by atoms with E-state index in [2.05, 4.69) is 10.6 Å². The molecule has 8 heteroatoms. The molecule has 2 aromatic carbocycles. The molecule has 152 valence electrons. The minimum Gasteiger partial charge on any atom is -0.342 e. The normalized spacial score (nSPS) is 23.8. The summed E-state index contributed by atoms with van der Waals surface area (Å²) in [6.07, 6.45) is 0.882. The summed E-state index contributed by atoms with van der Waals surface area (Å²) < 4.78 is 26.4. The fourth-order valence-corrected chi connectivity index (χ4v) is 4.04. The van der Waals surface area contributed by atoms with Crippen molar-refractivity contribution in [1.82, 2.24) is 15.5 Å². The number of carbonyl (C=O) groups excluding carboxylic acids is 2. The van der Waals surface area contributed by atoms with E-state index < -0.39 is 23.7 Å². The van der Waals surface area contributed by atoms with Gasteiger partial charge in [0.25, 0.3) is 0 Å². The zero-order valence-corrected chi connectivity index (χ0v) is 16.3. The summed E-state index contributed by atoms with van der Waals surface area (Å²) in [5.74, 6) is -2.06. The molecule has 2 aliphatic rings. The van der Waals surface area contributed by atoms with Crippen LogP contribution in [0.25, 0.3) is 0 Å². The third-order valence-corrected chi connectivity index (χ3v) is 5.69. The van der Waals surface area contributed by atoms with Crippen LogP contribution in [0.15, 0.2) is 42.5 Å². The number of piperazine rings is 1. The SMILES string of the molecule is O=C1N[C@@H](Cc2ccc(Cl)cc2)C(=O)N2C[C@@H](NCc3ccc(F)c(F)c3)C[C@@H]12. The van der Waals surface area contributed by atoms with Gasteiger partial charge in [-0.3, -0.25) is 9.59 Å². The molecule has 2 N–H and O–H groups in total. The number of hydrogen-bond donors (Lipinski definition) is 2. The van der Waals surface area contributed by atoms with E-state index in [4.69, 9.17) is 11.6 Å². The Kier molecular flexibility index (Phi) is 5.52. The molecule has 2 aromatic rings. The summed E-state index contributed by atoms with van der Waals surface area (Å²) in [6.45, 7) is 0.726. The Bertz CT molecular complexity index is 938. The third kappa shape index (κ3) is 4.26. The first-order chi connectivity index (χ1) is 13.9. The number of nitrogens with one attached hydrogen (secondary N) is 2. The number of fused-ring (bicyclic) bond motifs is 1. The number of carbonyl (C=O) groups is 2. The minimum atomic E-state index is -0.896. The van der Waals surface area contributed by atoms with Crippen LogP contribution in [0.3, 0.4) is 0 Å². The van der Waals surface area contributed by atoms with Crippen LogP contribution < -0.4 is 10.6 Å². The number of nitrogens with zero attached hydrogens (tertiary/aromatic N) is 1. The highest BCUT2D eigenvalue weighted by atomic mass is 35.5. The zero-order valence-electron chi connectivity index (χ0n) is 15.5. The zero-order chi connectivity index (χ0) is 20.5. The Labute approximate surface area is 172 Å². The topological polar surface area (TPSA) is 61.4 Å². The second-order valence-electron chi connectivity index (χ2n) is 7.46. The quantitative estimate of drug-likeness (QED) is 0.782. The van der Waals surface area contributed by atoms with Gasteiger partial charge in [0, 0.05) is 30.6 Å². The van der Waals surface area contributed by atoms with Gasteiger partial charge in [-0.05, 0) is 41.8 Å². The van der Waals surface area contributed by atoms with Crippen molar-refractivity contribution in [1.29, 1.82) is 0 Å². The molecule has 5 nitrogen and oxygen atoms in total. The van der Waals surface area contributed by atoms with E-state index in [9.17, 15) is 18.4 Å². The fraction of sp³-hybridized carbons (Fsp3) is 0.333. The van der Waals surface area contributed by atoms with E-state index in [0.717, 1.165) is 17.7 Å². The highest BCUT2D eigenvalue weighted by Crippen LogP contribution is 2.24. The maximum absolute atomic E-state index is 13.4. The monoisotopic (exact) mass is 419 g/mol. The average molecular weight is 420 g/mol. The molecule has 0 saturated carbocycles. The fourth-order valence-electron chi connectivity index (χ4n) is 3.91. The molecule has 2 saturated heterocycles. The highest BCUT2D eigenvalue weighted by molar-refractivity contribution is 6.30. The Hall–Kier alpha value is -2.51. The second kappa shape index (κ2) is 8.08. The van der Waals surface area contributed by atoms with E-state index >= 15 is 0 Å². The highest BCUT2D eigenvalue weighted by Gasteiger charge is 2.46. The van der Waals surface area contributed by atoms with Gasteiger partial charge in [0.15, 0.2) is 11.6 Å². The standard InChI is InChI=1S/C21H20ClF2N3O2/c22-14-4-1-12(2-5-14)8-18-21(29)27-11-15(9-19(27)20(28)26-18)25-10-13-3-6-16(23)17(24)7-13/h1-7,15,18-19,25H,8-11H2,(H,26,28)/t15-,18-,19-/m0/s1. The Morgan fingerprint density at radius 2 is 1.79 bits per heavy atom. The predicted molar refractivity (Wildman–Crippen MR) is 104 cm³/mol. The van der Waals surface area contributed by atoms with Crippen molar-refractivity contribution in [2.75, 3.05) is 6.54 Å². The largest absolute Gasteiger partial charge is 0.342 e. The van der Waals surface area contributed by atoms with Gasteiger partial charge in [-0.2, -0.15) is 0 Å². The molecule has 0 bridgehead atoms. The van der Waals surface area contributed by atoms with Crippen molar-refractivity contribution in [3.05, 3.63) is 70.2 Å². The van der Waals surface area contributed by atoms with Crippen LogP contribution in [0, 0.1) is 11.6 Å². The lowest BCUT2D eigenvalue weighted by molar-refractivity contribution is -0.147. The molecule has 0 aliphatic carbocycles. The lowest BCUT2D eigenvalue weighted by Gasteiger charge is -2.34. The predicted octanol–water partition coefficient (Wildman–Crippen LogP) is 2.42. The second-order valence-corrected chi connectivity index (χ2v) is 7.90. The van der Waals surface area contributed by atoms with E-state index in [-0.39, 0.29) is 17.9 Å². The molecular formula is C21H20ClF2N3O2. The van der Waals surface area contributed by atoms with Gasteiger partial charge in [-0.25, -0.2) is 8.78 Å². The number of rotatable bonds is 5. The smallest absolute Gasteiger partial charge is 0.246 e. The van der Waals surface area contributed by atoms with Gasteiger partial charge in [0.1, 0.15) is 12.1 Å². The van der Waals surface area contributed by atoms with Crippen molar-refractivity contribution in [3.8, 4) is 0 Å². The molecule has 2 amide bonds. The molecule has 3 atom stereocenters. The first-order valence-electron chi connectivity index (χ1n) is 9.43. The van der Waals surface area contributed by atoms with Crippen LogP contribution in [0.4, 0.5) is 8.78 Å². The number of halogens is 3. The molecule has 0 aromatic heterocycles. The first-order valence-corrected chi connectivity index (χ1v) is 9.81. The molecule has 0 unspecified atom stereocenters. The van der Waals surface area contributed by atoms with Gasteiger partial charge in [0.2, 0.25) is 11.8 Å². The van der Waals surface area contributed by atoms with Gasteiger partial charge in [0.05, 0.1) is 0 Å². The van der Waals surface area contributed by atoms with Crippen LogP contribution >= 0.6 is 11.6 Å². The maximum Gasteiger partial charge on any atom is 0.246 e. The van der Waals surface area contributed by atoms with Crippen LogP contribution in [0.2, 0.25) is 5.02 Å². The summed E-state index contributed by atoms with van der Waals surface area (Å²) in [6, 6.07) is 9.70. The van der Waals surface area contributed by atoms with Crippen LogP contribution in [0.1, 0.15) is 17.5 Å². The minimum absolute atomic E-state index is 0.0999. The Morgan fingerprint density at radius 3 is 2.52 bits per heavy atom. The summed E-state index contributed by atoms with van der Waals surface area (Å²) in [5, 5.41) is 6.67. The van der Waals surface area contributed by atoms with E-state index in [1.165, 1.54) is 6.07 Å². The Morgan fingerprint density at radius 1 is 1.07 bits per heavy atom. The summed E-state index contributed by atoms with van der Waals surface area (Å²) in [4.78, 5) is 27.0. The lowest BCUT2D eigenvalue weighted by atomic mass is 10.0. The van der Waals surface area contributed by atoms with E-state index in [1.54, 1.807) is 17.0 Å². The lowest BCUT2D eigenvalue weighted by Crippen LogP contribution is -2.61. The number of benzene rings is 2. The molecule has 0 spiro atoms. The number of hydrogen-bond acceptors (Lipinski definition) is 3. The van der Waals surface area contributed by atoms with Gasteiger partial charge < -0.3 is 15.5 Å². The molecule has 4 rings (SSSR count). The van der Waals surface area contributed by atoms with Crippen molar-refractivity contribution < 1.29 is 18.4 Å². The van der Waals surface area contributed by atoms with Crippen molar-refractivity contribution in [3.63, 3.8) is 0 Å². The average Bonchev–Trinajstić information content (AvgIpc) is 3.14. The van der Waals surface area contributed by atoms with Crippen LogP contribution in [-0.2, 0) is 22.6 Å². The third-order valence-electron chi connectivity index (χ3n) is 5.43. The molecule has 2 heterocycles. The molecule has 0 radical (unpaired) electrons. The van der Waals surface area contributed by atoms with Gasteiger partial charge >= 0.3 is 0 Å². The molecule has 2 fully saturated rings. The molecule has 29 heavy (non-hydrogen) atoms. The first kappa shape index (κ1) is 19.8. The van der Waals surface area contributed by atoms with Crippen LogP contribution in [0.5, 0.6) is 0 Å². The van der Waals surface area contributed by atoms with Gasteiger partial charge in [-0.15, -0.1) is 0 Å². The van der Waals surface area contributed by atoms with Crippen LogP contribution in [-0.4, -0.2) is 41.4 Å². The maximum atomic E-state index is 13.4. The number of amides is 2. The summed E-state index contributed by atoms with van der Waals surface area (Å²) in [7, 11) is 0. The summed E-state index contributed by atoms with van der Waals surface area (Å²) in [5.41, 5.74) is 1.52. The van der Waals surface area contributed by atoms with Gasteiger partial charge in [-0.1, -0.05) is 29.8 Å². The summed E-state index contributed by atoms with van der Waals surface area (Å²) >= 11 is 5.89.